The van der Waals surface area contributed by atoms with Crippen molar-refractivity contribution in [1.29, 1.82) is 0 Å². The molecule has 0 aromatic rings. The second-order valence-corrected chi connectivity index (χ2v) is 4.11. The summed E-state index contributed by atoms with van der Waals surface area (Å²) in [5.74, 6) is 0.198. The number of hydrogen-bond donors (Lipinski definition) is 1. The predicted molar refractivity (Wildman–Crippen MR) is 43.9 cm³/mol. The Hall–Kier alpha value is -0.180. The first-order chi connectivity index (χ1) is 4.74. The van der Waals surface area contributed by atoms with Gasteiger partial charge < -0.3 is 5.32 Å². The largest absolute Gasteiger partial charge is 0.343 e. The Morgan fingerprint density at radius 3 is 2.80 bits per heavy atom. The SMILES string of the molecule is CCCC1NC(=O)C(C)S1. The highest BCUT2D eigenvalue weighted by Gasteiger charge is 2.27. The number of amides is 1. The predicted octanol–water partition coefficient (Wildman–Crippen LogP) is 1.36. The van der Waals surface area contributed by atoms with Crippen molar-refractivity contribution in [2.75, 3.05) is 0 Å². The summed E-state index contributed by atoms with van der Waals surface area (Å²) in [6, 6.07) is 0. The Balaban J connectivity index is 2.34. The van der Waals surface area contributed by atoms with E-state index in [0.717, 1.165) is 12.8 Å². The number of carbonyl (C=O) groups is 1. The second-order valence-electron chi connectivity index (χ2n) is 2.56. The van der Waals surface area contributed by atoms with Gasteiger partial charge in [-0.1, -0.05) is 13.3 Å². The van der Waals surface area contributed by atoms with E-state index in [1.54, 1.807) is 11.8 Å². The molecule has 10 heavy (non-hydrogen) atoms. The van der Waals surface area contributed by atoms with Gasteiger partial charge in [-0.3, -0.25) is 4.79 Å². The maximum absolute atomic E-state index is 10.9. The molecule has 3 heteroatoms. The van der Waals surface area contributed by atoms with E-state index in [1.807, 2.05) is 6.92 Å². The molecule has 1 heterocycles. The maximum atomic E-state index is 10.9. The molecule has 1 aliphatic heterocycles. The van der Waals surface area contributed by atoms with Crippen molar-refractivity contribution in [3.05, 3.63) is 0 Å². The summed E-state index contributed by atoms with van der Waals surface area (Å²) in [6.45, 7) is 4.09. The zero-order valence-electron chi connectivity index (χ0n) is 6.39. The molecule has 2 nitrogen and oxygen atoms in total. The summed E-state index contributed by atoms with van der Waals surface area (Å²) in [5.41, 5.74) is 0. The van der Waals surface area contributed by atoms with E-state index in [4.69, 9.17) is 0 Å². The van der Waals surface area contributed by atoms with Crippen LogP contribution in [0.1, 0.15) is 26.7 Å². The molecule has 1 N–H and O–H groups in total. The third-order valence-corrected chi connectivity index (χ3v) is 2.90. The summed E-state index contributed by atoms with van der Waals surface area (Å²) in [6.07, 6.45) is 2.24. The maximum Gasteiger partial charge on any atom is 0.233 e. The van der Waals surface area contributed by atoms with Crippen LogP contribution in [0.25, 0.3) is 0 Å². The van der Waals surface area contributed by atoms with Crippen LogP contribution >= 0.6 is 11.8 Å². The third-order valence-electron chi connectivity index (χ3n) is 1.59. The fourth-order valence-corrected chi connectivity index (χ4v) is 2.26. The van der Waals surface area contributed by atoms with Gasteiger partial charge in [0, 0.05) is 0 Å². The van der Waals surface area contributed by atoms with E-state index in [0.29, 0.717) is 5.37 Å². The van der Waals surface area contributed by atoms with Crippen LogP contribution in [0.2, 0.25) is 0 Å². The van der Waals surface area contributed by atoms with Crippen LogP contribution in [0, 0.1) is 0 Å². The molecule has 1 aliphatic rings. The quantitative estimate of drug-likeness (QED) is 0.659. The van der Waals surface area contributed by atoms with E-state index < -0.39 is 0 Å². The summed E-state index contributed by atoms with van der Waals surface area (Å²) >= 11 is 1.74. The Bertz CT molecular complexity index is 138. The molecule has 0 aromatic carbocycles. The molecule has 1 fully saturated rings. The minimum Gasteiger partial charge on any atom is -0.343 e. The van der Waals surface area contributed by atoms with Crippen molar-refractivity contribution in [1.82, 2.24) is 5.32 Å². The van der Waals surface area contributed by atoms with Gasteiger partial charge in [-0.2, -0.15) is 0 Å². The lowest BCUT2D eigenvalue weighted by Crippen LogP contribution is -2.26. The monoisotopic (exact) mass is 159 g/mol. The number of thioether (sulfide) groups is 1. The first-order valence-electron chi connectivity index (χ1n) is 3.70. The van der Waals surface area contributed by atoms with Crippen LogP contribution in [0.3, 0.4) is 0 Å². The smallest absolute Gasteiger partial charge is 0.233 e. The Morgan fingerprint density at radius 2 is 2.40 bits per heavy atom. The Morgan fingerprint density at radius 1 is 1.70 bits per heavy atom. The third kappa shape index (κ3) is 1.66. The van der Waals surface area contributed by atoms with Crippen molar-refractivity contribution in [2.24, 2.45) is 0 Å². The lowest BCUT2D eigenvalue weighted by Gasteiger charge is -2.04. The molecule has 0 aromatic heterocycles. The summed E-state index contributed by atoms with van der Waals surface area (Å²) in [4.78, 5) is 10.9. The van der Waals surface area contributed by atoms with Crippen LogP contribution in [0.5, 0.6) is 0 Å². The molecule has 1 amide bonds. The average molecular weight is 159 g/mol. The molecule has 2 atom stereocenters. The van der Waals surface area contributed by atoms with Crippen molar-refractivity contribution in [2.45, 2.75) is 37.3 Å². The van der Waals surface area contributed by atoms with Gasteiger partial charge in [-0.05, 0) is 13.3 Å². The highest BCUT2D eigenvalue weighted by molar-refractivity contribution is 8.01. The number of nitrogens with one attached hydrogen (secondary N) is 1. The minimum atomic E-state index is 0.163. The highest BCUT2D eigenvalue weighted by atomic mass is 32.2. The number of carbonyl (C=O) groups excluding carboxylic acids is 1. The second kappa shape index (κ2) is 3.28. The van der Waals surface area contributed by atoms with Gasteiger partial charge in [-0.15, -0.1) is 11.8 Å². The fourth-order valence-electron chi connectivity index (χ4n) is 1.02. The fraction of sp³-hybridized carbons (Fsp3) is 0.857. The molecule has 1 rings (SSSR count). The highest BCUT2D eigenvalue weighted by Crippen LogP contribution is 2.25. The molecule has 0 saturated carbocycles. The number of hydrogen-bond acceptors (Lipinski definition) is 2. The zero-order valence-corrected chi connectivity index (χ0v) is 7.20. The summed E-state index contributed by atoms with van der Waals surface area (Å²) < 4.78 is 0. The standard InChI is InChI=1S/C7H13NOS/c1-3-4-6-8-7(9)5(2)10-6/h5-6H,3-4H2,1-2H3,(H,8,9). The van der Waals surface area contributed by atoms with E-state index >= 15 is 0 Å². The summed E-state index contributed by atoms with van der Waals surface area (Å²) in [7, 11) is 0. The van der Waals surface area contributed by atoms with Gasteiger partial charge in [0.25, 0.3) is 0 Å². The topological polar surface area (TPSA) is 29.1 Å². The van der Waals surface area contributed by atoms with Crippen molar-refractivity contribution in [3.63, 3.8) is 0 Å². The summed E-state index contributed by atoms with van der Waals surface area (Å²) in [5, 5.41) is 3.47. The van der Waals surface area contributed by atoms with Crippen molar-refractivity contribution < 1.29 is 4.79 Å². The van der Waals surface area contributed by atoms with Gasteiger partial charge in [0.05, 0.1) is 10.6 Å². The molecule has 2 unspecified atom stereocenters. The normalized spacial score (nSPS) is 32.4. The van der Waals surface area contributed by atoms with Crippen LogP contribution in [-0.2, 0) is 4.79 Å². The first kappa shape index (κ1) is 7.92. The van der Waals surface area contributed by atoms with Gasteiger partial charge in [0.2, 0.25) is 5.91 Å². The van der Waals surface area contributed by atoms with Gasteiger partial charge in [-0.25, -0.2) is 0 Å². The van der Waals surface area contributed by atoms with Crippen LogP contribution < -0.4 is 5.32 Å². The van der Waals surface area contributed by atoms with E-state index in [-0.39, 0.29) is 11.2 Å². The molecule has 0 spiro atoms. The molecule has 58 valence electrons. The minimum absolute atomic E-state index is 0.163. The van der Waals surface area contributed by atoms with Crippen LogP contribution in [0.15, 0.2) is 0 Å². The van der Waals surface area contributed by atoms with Crippen LogP contribution in [0.4, 0.5) is 0 Å². The van der Waals surface area contributed by atoms with E-state index in [9.17, 15) is 4.79 Å². The molecular weight excluding hydrogens is 146 g/mol. The van der Waals surface area contributed by atoms with Crippen LogP contribution in [-0.4, -0.2) is 16.5 Å². The number of rotatable bonds is 2. The first-order valence-corrected chi connectivity index (χ1v) is 4.64. The van der Waals surface area contributed by atoms with Gasteiger partial charge >= 0.3 is 0 Å². The molecule has 0 aliphatic carbocycles. The molecule has 0 radical (unpaired) electrons. The molecule has 1 saturated heterocycles. The Labute approximate surface area is 65.8 Å². The molecule has 0 bridgehead atoms. The van der Waals surface area contributed by atoms with Gasteiger partial charge in [0.15, 0.2) is 0 Å². The lowest BCUT2D eigenvalue weighted by molar-refractivity contribution is -0.119. The van der Waals surface area contributed by atoms with Gasteiger partial charge in [0.1, 0.15) is 0 Å². The van der Waals surface area contributed by atoms with E-state index in [1.165, 1.54) is 0 Å². The van der Waals surface area contributed by atoms with Crippen molar-refractivity contribution >= 4 is 17.7 Å². The van der Waals surface area contributed by atoms with Crippen molar-refractivity contribution in [3.8, 4) is 0 Å². The zero-order chi connectivity index (χ0) is 7.56. The van der Waals surface area contributed by atoms with E-state index in [2.05, 4.69) is 12.2 Å². The molecular formula is C7H13NOS. The Kier molecular flexibility index (Phi) is 2.60. The average Bonchev–Trinajstić information content (AvgIpc) is 2.14. The lowest BCUT2D eigenvalue weighted by atomic mass is 10.3.